The number of ether oxygens (including phenoxy) is 3. The van der Waals surface area contributed by atoms with Gasteiger partial charge in [-0.3, -0.25) is 0 Å². The van der Waals surface area contributed by atoms with Crippen LogP contribution in [0.25, 0.3) is 0 Å². The average molecular weight is 240 g/mol. The van der Waals surface area contributed by atoms with Crippen molar-refractivity contribution in [3.63, 3.8) is 0 Å². The zero-order chi connectivity index (χ0) is 12.0. The molecule has 0 saturated heterocycles. The van der Waals surface area contributed by atoms with Crippen LogP contribution in [0.2, 0.25) is 0 Å². The molecule has 88 valence electrons. The van der Waals surface area contributed by atoms with Gasteiger partial charge in [-0.15, -0.1) is 11.8 Å². The Morgan fingerprint density at radius 3 is 2.06 bits per heavy atom. The smallest absolute Gasteiger partial charge is 0.203 e. The molecule has 4 heteroatoms. The zero-order valence-corrected chi connectivity index (χ0v) is 10.6. The van der Waals surface area contributed by atoms with Crippen LogP contribution in [0.5, 0.6) is 17.2 Å². The number of thioether (sulfide) groups is 1. The number of benzene rings is 1. The minimum Gasteiger partial charge on any atom is -0.493 e. The predicted molar refractivity (Wildman–Crippen MR) is 67.6 cm³/mol. The van der Waals surface area contributed by atoms with Crippen molar-refractivity contribution in [3.8, 4) is 17.2 Å². The first-order valence-corrected chi connectivity index (χ1v) is 5.83. The standard InChI is InChI=1S/C12H16O3S/c1-5-16-8-9-6-10(13-2)12(15-4)11(7-9)14-3/h5-7H,1,8H2,2-4H3. The Kier molecular flexibility index (Phi) is 5.05. The minimum absolute atomic E-state index is 0.623. The lowest BCUT2D eigenvalue weighted by Gasteiger charge is -2.13. The van der Waals surface area contributed by atoms with Gasteiger partial charge in [0.1, 0.15) is 0 Å². The molecule has 0 saturated carbocycles. The summed E-state index contributed by atoms with van der Waals surface area (Å²) in [7, 11) is 4.82. The molecule has 0 unspecified atom stereocenters. The number of methoxy groups -OCH3 is 3. The summed E-state index contributed by atoms with van der Waals surface area (Å²) in [6.45, 7) is 3.67. The summed E-state index contributed by atoms with van der Waals surface area (Å²) in [6.07, 6.45) is 0. The average Bonchev–Trinajstić information content (AvgIpc) is 2.34. The normalized spacial score (nSPS) is 9.69. The molecule has 0 amide bonds. The lowest BCUT2D eigenvalue weighted by molar-refractivity contribution is 0.324. The summed E-state index contributed by atoms with van der Waals surface area (Å²) in [5, 5.41) is 1.81. The number of hydrogen-bond acceptors (Lipinski definition) is 4. The Labute approximate surface area is 100 Å². The van der Waals surface area contributed by atoms with Crippen molar-refractivity contribution in [2.24, 2.45) is 0 Å². The van der Waals surface area contributed by atoms with E-state index in [1.165, 1.54) is 0 Å². The number of hydrogen-bond donors (Lipinski definition) is 0. The molecule has 0 spiro atoms. The molecule has 0 aliphatic rings. The van der Waals surface area contributed by atoms with Gasteiger partial charge in [0, 0.05) is 5.75 Å². The Balaban J connectivity index is 3.09. The summed E-state index contributed by atoms with van der Waals surface area (Å²) < 4.78 is 15.8. The first-order chi connectivity index (χ1) is 7.76. The molecule has 1 rings (SSSR count). The molecule has 0 heterocycles. The zero-order valence-electron chi connectivity index (χ0n) is 9.78. The van der Waals surface area contributed by atoms with E-state index in [0.717, 1.165) is 11.3 Å². The van der Waals surface area contributed by atoms with Crippen LogP contribution in [0.1, 0.15) is 5.56 Å². The maximum absolute atomic E-state index is 5.26. The van der Waals surface area contributed by atoms with E-state index in [1.807, 2.05) is 17.5 Å². The molecular weight excluding hydrogens is 224 g/mol. The lowest BCUT2D eigenvalue weighted by atomic mass is 10.2. The second kappa shape index (κ2) is 6.33. The lowest BCUT2D eigenvalue weighted by Crippen LogP contribution is -1.96. The van der Waals surface area contributed by atoms with Crippen LogP contribution in [0.15, 0.2) is 24.1 Å². The van der Waals surface area contributed by atoms with Crippen molar-refractivity contribution in [3.05, 3.63) is 29.7 Å². The molecule has 0 radical (unpaired) electrons. The van der Waals surface area contributed by atoms with Gasteiger partial charge in [0.15, 0.2) is 11.5 Å². The summed E-state index contributed by atoms with van der Waals surface area (Å²) >= 11 is 1.63. The highest BCUT2D eigenvalue weighted by molar-refractivity contribution is 8.01. The van der Waals surface area contributed by atoms with E-state index in [0.29, 0.717) is 17.2 Å². The van der Waals surface area contributed by atoms with Crippen molar-refractivity contribution in [1.29, 1.82) is 0 Å². The highest BCUT2D eigenvalue weighted by atomic mass is 32.2. The molecule has 16 heavy (non-hydrogen) atoms. The topological polar surface area (TPSA) is 27.7 Å². The van der Waals surface area contributed by atoms with Crippen LogP contribution in [0.4, 0.5) is 0 Å². The van der Waals surface area contributed by atoms with Crippen LogP contribution in [-0.2, 0) is 5.75 Å². The van der Waals surface area contributed by atoms with Crippen molar-refractivity contribution in [2.45, 2.75) is 5.75 Å². The van der Waals surface area contributed by atoms with Gasteiger partial charge in [-0.05, 0) is 23.1 Å². The molecule has 0 bridgehead atoms. The summed E-state index contributed by atoms with van der Waals surface area (Å²) in [5.74, 6) is 2.82. The first-order valence-electron chi connectivity index (χ1n) is 4.78. The third-order valence-corrected chi connectivity index (χ3v) is 2.83. The SMILES string of the molecule is C=CSCc1cc(OC)c(OC)c(OC)c1. The molecule has 0 aliphatic heterocycles. The van der Waals surface area contributed by atoms with E-state index < -0.39 is 0 Å². The molecule has 1 aromatic carbocycles. The molecule has 0 N–H and O–H groups in total. The van der Waals surface area contributed by atoms with Gasteiger partial charge in [-0.2, -0.15) is 0 Å². The highest BCUT2D eigenvalue weighted by Crippen LogP contribution is 2.38. The van der Waals surface area contributed by atoms with E-state index in [-0.39, 0.29) is 0 Å². The Hall–Kier alpha value is -1.29. The molecule has 0 aliphatic carbocycles. The Morgan fingerprint density at radius 1 is 1.12 bits per heavy atom. The van der Waals surface area contributed by atoms with E-state index in [1.54, 1.807) is 33.1 Å². The van der Waals surface area contributed by atoms with E-state index in [2.05, 4.69) is 6.58 Å². The fourth-order valence-corrected chi connectivity index (χ4v) is 1.85. The molecule has 0 atom stereocenters. The van der Waals surface area contributed by atoms with Crippen molar-refractivity contribution in [2.75, 3.05) is 21.3 Å². The van der Waals surface area contributed by atoms with Crippen LogP contribution >= 0.6 is 11.8 Å². The van der Waals surface area contributed by atoms with Crippen molar-refractivity contribution in [1.82, 2.24) is 0 Å². The van der Waals surface area contributed by atoms with Gasteiger partial charge < -0.3 is 14.2 Å². The fraction of sp³-hybridized carbons (Fsp3) is 0.333. The molecule has 0 fully saturated rings. The van der Waals surface area contributed by atoms with Gasteiger partial charge in [0.05, 0.1) is 21.3 Å². The largest absolute Gasteiger partial charge is 0.493 e. The van der Waals surface area contributed by atoms with Crippen LogP contribution in [0.3, 0.4) is 0 Å². The van der Waals surface area contributed by atoms with Crippen molar-refractivity contribution >= 4 is 11.8 Å². The maximum Gasteiger partial charge on any atom is 0.203 e. The minimum atomic E-state index is 0.623. The van der Waals surface area contributed by atoms with Crippen molar-refractivity contribution < 1.29 is 14.2 Å². The van der Waals surface area contributed by atoms with Crippen LogP contribution in [-0.4, -0.2) is 21.3 Å². The molecular formula is C12H16O3S. The van der Waals surface area contributed by atoms with Gasteiger partial charge in [0.2, 0.25) is 5.75 Å². The fourth-order valence-electron chi connectivity index (χ4n) is 1.37. The van der Waals surface area contributed by atoms with Gasteiger partial charge in [-0.1, -0.05) is 6.58 Å². The van der Waals surface area contributed by atoms with Gasteiger partial charge in [-0.25, -0.2) is 0 Å². The molecule has 1 aromatic rings. The van der Waals surface area contributed by atoms with Crippen LogP contribution < -0.4 is 14.2 Å². The van der Waals surface area contributed by atoms with Crippen LogP contribution in [0, 0.1) is 0 Å². The monoisotopic (exact) mass is 240 g/mol. The molecule has 3 nitrogen and oxygen atoms in total. The molecule has 0 aromatic heterocycles. The third-order valence-electron chi connectivity index (χ3n) is 2.09. The van der Waals surface area contributed by atoms with E-state index in [9.17, 15) is 0 Å². The van der Waals surface area contributed by atoms with Gasteiger partial charge in [0.25, 0.3) is 0 Å². The second-order valence-electron chi connectivity index (χ2n) is 3.01. The Bertz CT molecular complexity index is 338. The van der Waals surface area contributed by atoms with Gasteiger partial charge >= 0.3 is 0 Å². The highest BCUT2D eigenvalue weighted by Gasteiger charge is 2.12. The van der Waals surface area contributed by atoms with E-state index in [4.69, 9.17) is 14.2 Å². The third kappa shape index (κ3) is 2.85. The van der Waals surface area contributed by atoms with E-state index >= 15 is 0 Å². The maximum atomic E-state index is 5.26. The predicted octanol–water partition coefficient (Wildman–Crippen LogP) is 3.09. The summed E-state index contributed by atoms with van der Waals surface area (Å²) in [6, 6.07) is 3.88. The Morgan fingerprint density at radius 2 is 1.69 bits per heavy atom. The second-order valence-corrected chi connectivity index (χ2v) is 3.97. The quantitative estimate of drug-likeness (QED) is 0.763. The first kappa shape index (κ1) is 12.8. The summed E-state index contributed by atoms with van der Waals surface area (Å²) in [5.41, 5.74) is 1.11. The number of rotatable bonds is 6. The summed E-state index contributed by atoms with van der Waals surface area (Å²) in [4.78, 5) is 0.